The lowest BCUT2D eigenvalue weighted by Gasteiger charge is -2.31. The molecule has 0 spiro atoms. The minimum absolute atomic E-state index is 0.0498. The molecule has 3 nitrogen and oxygen atoms in total. The van der Waals surface area contributed by atoms with E-state index in [9.17, 15) is 9.90 Å². The molecule has 2 rings (SSSR count). The van der Waals surface area contributed by atoms with Crippen LogP contribution < -0.4 is 0 Å². The molecule has 3 heteroatoms. The number of phenolic OH excluding ortho intramolecular Hbond substituents is 1. The molecule has 1 amide bonds. The molecule has 1 saturated heterocycles. The molecule has 0 unspecified atom stereocenters. The second-order valence-electron chi connectivity index (χ2n) is 4.58. The topological polar surface area (TPSA) is 40.5 Å². The molecule has 0 aromatic heterocycles. The van der Waals surface area contributed by atoms with Crippen LogP contribution >= 0.6 is 0 Å². The van der Waals surface area contributed by atoms with Crippen molar-refractivity contribution in [1.82, 2.24) is 4.90 Å². The number of hydrogen-bond donors (Lipinski definition) is 1. The van der Waals surface area contributed by atoms with Gasteiger partial charge in [0.15, 0.2) is 0 Å². The van der Waals surface area contributed by atoms with Gasteiger partial charge >= 0.3 is 0 Å². The quantitative estimate of drug-likeness (QED) is 0.829. The van der Waals surface area contributed by atoms with Gasteiger partial charge in [-0.25, -0.2) is 0 Å². The summed E-state index contributed by atoms with van der Waals surface area (Å²) in [6, 6.07) is 5.29. The Labute approximate surface area is 95.7 Å². The van der Waals surface area contributed by atoms with Crippen molar-refractivity contribution < 1.29 is 9.90 Å². The van der Waals surface area contributed by atoms with Crippen molar-refractivity contribution in [2.24, 2.45) is 0 Å². The van der Waals surface area contributed by atoms with E-state index >= 15 is 0 Å². The van der Waals surface area contributed by atoms with Gasteiger partial charge in [0, 0.05) is 13.1 Å². The fourth-order valence-electron chi connectivity index (χ4n) is 1.77. The number of carbonyl (C=O) groups excluding carboxylic acids is 1. The normalized spacial score (nSPS) is 15.1. The molecule has 0 aliphatic carbocycles. The standard InChI is InChI=1S/C13H17NO2/c1-9(2)10-4-5-12(15)11(8-10)13(16)14-6-3-7-14/h4-5,8-9,15H,3,6-7H2,1-2H3. The Kier molecular flexibility index (Phi) is 2.86. The molecule has 1 aliphatic heterocycles. The van der Waals surface area contributed by atoms with Crippen molar-refractivity contribution in [1.29, 1.82) is 0 Å². The van der Waals surface area contributed by atoms with Gasteiger partial charge in [-0.3, -0.25) is 4.79 Å². The van der Waals surface area contributed by atoms with Crippen LogP contribution in [0.3, 0.4) is 0 Å². The molecule has 0 saturated carbocycles. The molecule has 86 valence electrons. The average molecular weight is 219 g/mol. The summed E-state index contributed by atoms with van der Waals surface area (Å²) in [6.07, 6.45) is 1.07. The Hall–Kier alpha value is -1.51. The van der Waals surface area contributed by atoms with Gasteiger partial charge in [0.1, 0.15) is 5.75 Å². The van der Waals surface area contributed by atoms with E-state index in [1.54, 1.807) is 17.0 Å². The zero-order valence-electron chi connectivity index (χ0n) is 9.73. The third kappa shape index (κ3) is 1.90. The number of rotatable bonds is 2. The molecule has 16 heavy (non-hydrogen) atoms. The monoisotopic (exact) mass is 219 g/mol. The van der Waals surface area contributed by atoms with Gasteiger partial charge in [0.2, 0.25) is 0 Å². The van der Waals surface area contributed by atoms with Gasteiger partial charge in [-0.05, 0) is 30.0 Å². The second-order valence-corrected chi connectivity index (χ2v) is 4.58. The van der Waals surface area contributed by atoms with Crippen molar-refractivity contribution in [3.05, 3.63) is 29.3 Å². The van der Waals surface area contributed by atoms with Crippen LogP contribution in [0.25, 0.3) is 0 Å². The van der Waals surface area contributed by atoms with Crippen LogP contribution in [0.15, 0.2) is 18.2 Å². The third-order valence-corrected chi connectivity index (χ3v) is 3.06. The summed E-state index contributed by atoms with van der Waals surface area (Å²) in [5.74, 6) is 0.399. The van der Waals surface area contributed by atoms with Crippen LogP contribution in [0.4, 0.5) is 0 Å². The minimum Gasteiger partial charge on any atom is -0.507 e. The number of amides is 1. The maximum absolute atomic E-state index is 12.0. The summed E-state index contributed by atoms with van der Waals surface area (Å²) >= 11 is 0. The van der Waals surface area contributed by atoms with Crippen LogP contribution in [0.2, 0.25) is 0 Å². The summed E-state index contributed by atoms with van der Waals surface area (Å²) < 4.78 is 0. The number of benzene rings is 1. The summed E-state index contributed by atoms with van der Waals surface area (Å²) in [5.41, 5.74) is 1.52. The molecule has 0 bridgehead atoms. The van der Waals surface area contributed by atoms with Crippen molar-refractivity contribution in [3.8, 4) is 5.75 Å². The minimum atomic E-state index is -0.0498. The molecular formula is C13H17NO2. The molecule has 1 aromatic carbocycles. The van der Waals surface area contributed by atoms with E-state index in [4.69, 9.17) is 0 Å². The van der Waals surface area contributed by atoms with E-state index in [0.717, 1.165) is 25.1 Å². The van der Waals surface area contributed by atoms with Gasteiger partial charge in [0.05, 0.1) is 5.56 Å². The Bertz CT molecular complexity index is 408. The van der Waals surface area contributed by atoms with E-state index in [1.165, 1.54) is 0 Å². The van der Waals surface area contributed by atoms with Gasteiger partial charge in [-0.2, -0.15) is 0 Å². The number of aromatic hydroxyl groups is 1. The first kappa shape index (κ1) is 11.0. The van der Waals surface area contributed by atoms with Crippen LogP contribution in [0.1, 0.15) is 42.1 Å². The Morgan fingerprint density at radius 3 is 2.56 bits per heavy atom. The zero-order valence-corrected chi connectivity index (χ0v) is 9.73. The van der Waals surface area contributed by atoms with Gasteiger partial charge in [-0.15, -0.1) is 0 Å². The van der Waals surface area contributed by atoms with E-state index < -0.39 is 0 Å². The molecule has 1 heterocycles. The highest BCUT2D eigenvalue weighted by Gasteiger charge is 2.24. The fraction of sp³-hybridized carbons (Fsp3) is 0.462. The van der Waals surface area contributed by atoms with E-state index in [-0.39, 0.29) is 11.7 Å². The summed E-state index contributed by atoms with van der Waals surface area (Å²) in [4.78, 5) is 13.8. The first-order valence-corrected chi connectivity index (χ1v) is 5.72. The summed E-state index contributed by atoms with van der Waals surface area (Å²) in [6.45, 7) is 5.77. The SMILES string of the molecule is CC(C)c1ccc(O)c(C(=O)N2CCC2)c1. The predicted molar refractivity (Wildman–Crippen MR) is 62.7 cm³/mol. The Morgan fingerprint density at radius 2 is 2.06 bits per heavy atom. The fourth-order valence-corrected chi connectivity index (χ4v) is 1.77. The third-order valence-electron chi connectivity index (χ3n) is 3.06. The smallest absolute Gasteiger partial charge is 0.257 e. The van der Waals surface area contributed by atoms with Crippen molar-refractivity contribution in [2.45, 2.75) is 26.2 Å². The highest BCUT2D eigenvalue weighted by Crippen LogP contribution is 2.25. The number of phenols is 1. The number of likely N-dealkylation sites (tertiary alicyclic amines) is 1. The van der Waals surface area contributed by atoms with E-state index in [0.29, 0.717) is 11.5 Å². The summed E-state index contributed by atoms with van der Waals surface area (Å²) in [5, 5.41) is 9.71. The molecular weight excluding hydrogens is 202 g/mol. The molecule has 1 N–H and O–H groups in total. The van der Waals surface area contributed by atoms with E-state index in [2.05, 4.69) is 13.8 Å². The largest absolute Gasteiger partial charge is 0.507 e. The lowest BCUT2D eigenvalue weighted by atomic mass is 9.99. The van der Waals surface area contributed by atoms with Gasteiger partial charge in [0.25, 0.3) is 5.91 Å². The van der Waals surface area contributed by atoms with Crippen molar-refractivity contribution in [2.75, 3.05) is 13.1 Å². The molecule has 1 aliphatic rings. The Morgan fingerprint density at radius 1 is 1.38 bits per heavy atom. The van der Waals surface area contributed by atoms with Crippen LogP contribution in [-0.2, 0) is 0 Å². The van der Waals surface area contributed by atoms with Crippen LogP contribution in [0.5, 0.6) is 5.75 Å². The zero-order chi connectivity index (χ0) is 11.7. The maximum atomic E-state index is 12.0. The molecule has 1 fully saturated rings. The van der Waals surface area contributed by atoms with Crippen LogP contribution in [0, 0.1) is 0 Å². The highest BCUT2D eigenvalue weighted by atomic mass is 16.3. The van der Waals surface area contributed by atoms with E-state index in [1.807, 2.05) is 6.07 Å². The lowest BCUT2D eigenvalue weighted by Crippen LogP contribution is -2.42. The predicted octanol–water partition coefficient (Wildman–Crippen LogP) is 2.36. The average Bonchev–Trinajstić information content (AvgIpc) is 2.15. The van der Waals surface area contributed by atoms with Crippen LogP contribution in [-0.4, -0.2) is 29.0 Å². The number of hydrogen-bond acceptors (Lipinski definition) is 2. The Balaban J connectivity index is 2.30. The van der Waals surface area contributed by atoms with Gasteiger partial charge < -0.3 is 10.0 Å². The first-order valence-electron chi connectivity index (χ1n) is 5.72. The number of nitrogens with zero attached hydrogens (tertiary/aromatic N) is 1. The molecule has 0 radical (unpaired) electrons. The summed E-state index contributed by atoms with van der Waals surface area (Å²) in [7, 11) is 0. The molecule has 1 aromatic rings. The van der Waals surface area contributed by atoms with Crippen molar-refractivity contribution in [3.63, 3.8) is 0 Å². The van der Waals surface area contributed by atoms with Gasteiger partial charge in [-0.1, -0.05) is 19.9 Å². The first-order chi connectivity index (χ1) is 7.59. The maximum Gasteiger partial charge on any atom is 0.257 e. The second kappa shape index (κ2) is 4.16. The highest BCUT2D eigenvalue weighted by molar-refractivity contribution is 5.97. The number of carbonyl (C=O) groups is 1. The lowest BCUT2D eigenvalue weighted by molar-refractivity contribution is 0.0648. The van der Waals surface area contributed by atoms with Crippen molar-refractivity contribution >= 4 is 5.91 Å². The molecule has 0 atom stereocenters.